The van der Waals surface area contributed by atoms with E-state index >= 15 is 0 Å². The first-order valence-electron chi connectivity index (χ1n) is 9.20. The second kappa shape index (κ2) is 10.4. The summed E-state index contributed by atoms with van der Waals surface area (Å²) in [4.78, 5) is 23.7. The van der Waals surface area contributed by atoms with E-state index in [1.807, 2.05) is 6.92 Å². The second-order valence-electron chi connectivity index (χ2n) is 6.25. The molecule has 0 aliphatic rings. The van der Waals surface area contributed by atoms with E-state index < -0.39 is 0 Å². The van der Waals surface area contributed by atoms with Gasteiger partial charge in [-0.2, -0.15) is 0 Å². The summed E-state index contributed by atoms with van der Waals surface area (Å²) in [6.07, 6.45) is 1.41. The molecular weight excluding hydrogens is 374 g/mol. The Bertz CT molecular complexity index is 820. The Morgan fingerprint density at radius 1 is 0.964 bits per heavy atom. The Hall–Kier alpha value is -2.93. The van der Waals surface area contributed by atoms with Crippen molar-refractivity contribution < 1.29 is 14.3 Å². The molecule has 2 aromatic rings. The monoisotopic (exact) mass is 399 g/mol. The number of carbonyl (C=O) groups excluding carboxylic acids is 2. The lowest BCUT2D eigenvalue weighted by molar-refractivity contribution is -0.119. The summed E-state index contributed by atoms with van der Waals surface area (Å²) in [6, 6.07) is 14.1. The number of ether oxygens (including phenoxy) is 1. The van der Waals surface area contributed by atoms with Crippen LogP contribution in [0.15, 0.2) is 48.5 Å². The summed E-state index contributed by atoms with van der Waals surface area (Å²) in [7, 11) is 0. The minimum absolute atomic E-state index is 0.134. The number of amides is 2. The predicted molar refractivity (Wildman–Crippen MR) is 116 cm³/mol. The van der Waals surface area contributed by atoms with Gasteiger partial charge in [0.05, 0.1) is 6.10 Å². The molecule has 6 nitrogen and oxygen atoms in total. The summed E-state index contributed by atoms with van der Waals surface area (Å²) in [5, 5.41) is 8.57. The van der Waals surface area contributed by atoms with Gasteiger partial charge in [0.1, 0.15) is 5.75 Å². The van der Waals surface area contributed by atoms with Crippen LogP contribution in [0.2, 0.25) is 0 Å². The maximum atomic E-state index is 12.4. The van der Waals surface area contributed by atoms with E-state index in [1.165, 1.54) is 0 Å². The number of rotatable bonds is 7. The summed E-state index contributed by atoms with van der Waals surface area (Å²) < 4.78 is 5.72. The lowest BCUT2D eigenvalue weighted by atomic mass is 10.2. The molecule has 0 bridgehead atoms. The van der Waals surface area contributed by atoms with Crippen LogP contribution >= 0.6 is 12.2 Å². The molecule has 2 amide bonds. The van der Waals surface area contributed by atoms with Gasteiger partial charge in [-0.05, 0) is 74.1 Å². The third-order valence-electron chi connectivity index (χ3n) is 4.00. The van der Waals surface area contributed by atoms with E-state index in [1.54, 1.807) is 55.5 Å². The molecular formula is C21H25N3O3S. The average molecular weight is 400 g/mol. The van der Waals surface area contributed by atoms with Crippen LogP contribution < -0.4 is 20.7 Å². The minimum Gasteiger partial charge on any atom is -0.491 e. The zero-order valence-electron chi connectivity index (χ0n) is 16.2. The number of thiocarbonyl (C=S) groups is 1. The van der Waals surface area contributed by atoms with Crippen molar-refractivity contribution in [3.05, 3.63) is 54.1 Å². The highest BCUT2D eigenvalue weighted by Gasteiger charge is 2.08. The van der Waals surface area contributed by atoms with E-state index in [0.717, 1.165) is 12.2 Å². The molecule has 0 spiro atoms. The van der Waals surface area contributed by atoms with Crippen molar-refractivity contribution in [1.82, 2.24) is 5.32 Å². The van der Waals surface area contributed by atoms with Gasteiger partial charge in [0.15, 0.2) is 5.11 Å². The molecule has 2 rings (SSSR count). The van der Waals surface area contributed by atoms with Crippen molar-refractivity contribution >= 4 is 40.5 Å². The molecule has 0 aliphatic carbocycles. The highest BCUT2D eigenvalue weighted by atomic mass is 32.1. The number of hydrogen-bond acceptors (Lipinski definition) is 4. The molecule has 148 valence electrons. The highest BCUT2D eigenvalue weighted by molar-refractivity contribution is 7.80. The summed E-state index contributed by atoms with van der Waals surface area (Å²) in [5.74, 6) is 0.385. The van der Waals surface area contributed by atoms with E-state index in [9.17, 15) is 9.59 Å². The Labute approximate surface area is 170 Å². The van der Waals surface area contributed by atoms with Gasteiger partial charge in [-0.1, -0.05) is 13.8 Å². The van der Waals surface area contributed by atoms with Crippen molar-refractivity contribution in [2.45, 2.75) is 39.7 Å². The molecule has 0 unspecified atom stereocenters. The molecule has 0 fully saturated rings. The Morgan fingerprint density at radius 2 is 1.54 bits per heavy atom. The largest absolute Gasteiger partial charge is 0.491 e. The van der Waals surface area contributed by atoms with Gasteiger partial charge in [-0.3, -0.25) is 9.59 Å². The van der Waals surface area contributed by atoms with Gasteiger partial charge >= 0.3 is 0 Å². The lowest BCUT2D eigenvalue weighted by Gasteiger charge is -2.13. The molecule has 3 N–H and O–H groups in total. The Balaban J connectivity index is 1.91. The fourth-order valence-corrected chi connectivity index (χ4v) is 2.45. The highest BCUT2D eigenvalue weighted by Crippen LogP contribution is 2.17. The Morgan fingerprint density at radius 3 is 2.07 bits per heavy atom. The van der Waals surface area contributed by atoms with Gasteiger partial charge in [-0.25, -0.2) is 0 Å². The second-order valence-corrected chi connectivity index (χ2v) is 6.66. The molecule has 7 heteroatoms. The molecule has 0 saturated heterocycles. The minimum atomic E-state index is -0.207. The topological polar surface area (TPSA) is 79.5 Å². The number of nitrogens with one attached hydrogen (secondary N) is 3. The standard InChI is InChI=1S/C21H25N3O3S/c1-4-14(3)27-18-12-6-15(7-13-18)20(26)22-16-8-10-17(11-9-16)23-21(28)24-19(25)5-2/h6-14H,4-5H2,1-3H3,(H,22,26)(H2,23,24,25,28)/t14-/m1/s1. The predicted octanol–water partition coefficient (Wildman–Crippen LogP) is 4.34. The van der Waals surface area contributed by atoms with E-state index in [4.69, 9.17) is 17.0 Å². The first kappa shape index (κ1) is 21.4. The normalized spacial score (nSPS) is 11.2. The van der Waals surface area contributed by atoms with E-state index in [-0.39, 0.29) is 23.0 Å². The van der Waals surface area contributed by atoms with Gasteiger partial charge in [0.2, 0.25) is 5.91 Å². The third kappa shape index (κ3) is 6.66. The summed E-state index contributed by atoms with van der Waals surface area (Å²) in [6.45, 7) is 5.81. The molecule has 0 aromatic heterocycles. The van der Waals surface area contributed by atoms with E-state index in [2.05, 4.69) is 22.9 Å². The van der Waals surface area contributed by atoms with Crippen LogP contribution in [0.3, 0.4) is 0 Å². The molecule has 2 aromatic carbocycles. The number of anilines is 2. The Kier molecular flexibility index (Phi) is 7.95. The SMILES string of the molecule is CCC(=O)NC(=S)Nc1ccc(NC(=O)c2ccc(O[C@H](C)CC)cc2)cc1. The molecule has 0 saturated carbocycles. The van der Waals surface area contributed by atoms with Gasteiger partial charge in [0.25, 0.3) is 5.91 Å². The first-order chi connectivity index (χ1) is 13.4. The third-order valence-corrected chi connectivity index (χ3v) is 4.21. The zero-order valence-corrected chi connectivity index (χ0v) is 17.1. The maximum Gasteiger partial charge on any atom is 0.255 e. The summed E-state index contributed by atoms with van der Waals surface area (Å²) >= 11 is 5.07. The maximum absolute atomic E-state index is 12.4. The van der Waals surface area contributed by atoms with Crippen LogP contribution in [0.1, 0.15) is 44.0 Å². The van der Waals surface area contributed by atoms with Gasteiger partial charge in [-0.15, -0.1) is 0 Å². The van der Waals surface area contributed by atoms with Crippen LogP contribution in [0.5, 0.6) is 5.75 Å². The zero-order chi connectivity index (χ0) is 20.5. The smallest absolute Gasteiger partial charge is 0.255 e. The van der Waals surface area contributed by atoms with Crippen LogP contribution in [-0.4, -0.2) is 23.0 Å². The van der Waals surface area contributed by atoms with Crippen molar-refractivity contribution in [2.24, 2.45) is 0 Å². The fourth-order valence-electron chi connectivity index (χ4n) is 2.22. The molecule has 0 radical (unpaired) electrons. The number of carbonyl (C=O) groups is 2. The molecule has 28 heavy (non-hydrogen) atoms. The fraction of sp³-hybridized carbons (Fsp3) is 0.286. The first-order valence-corrected chi connectivity index (χ1v) is 9.61. The number of benzene rings is 2. The van der Waals surface area contributed by atoms with E-state index in [0.29, 0.717) is 23.4 Å². The van der Waals surface area contributed by atoms with Crippen LogP contribution in [0.25, 0.3) is 0 Å². The van der Waals surface area contributed by atoms with Crippen molar-refractivity contribution in [2.75, 3.05) is 10.6 Å². The average Bonchev–Trinajstić information content (AvgIpc) is 2.69. The van der Waals surface area contributed by atoms with Crippen molar-refractivity contribution in [1.29, 1.82) is 0 Å². The lowest BCUT2D eigenvalue weighted by Crippen LogP contribution is -2.33. The van der Waals surface area contributed by atoms with Gasteiger partial charge < -0.3 is 20.7 Å². The number of hydrogen-bond donors (Lipinski definition) is 3. The molecule has 0 heterocycles. The quantitative estimate of drug-likeness (QED) is 0.604. The van der Waals surface area contributed by atoms with Crippen molar-refractivity contribution in [3.8, 4) is 5.75 Å². The molecule has 0 aliphatic heterocycles. The van der Waals surface area contributed by atoms with Crippen LogP contribution in [-0.2, 0) is 4.79 Å². The van der Waals surface area contributed by atoms with Crippen LogP contribution in [0.4, 0.5) is 11.4 Å². The molecule has 1 atom stereocenters. The van der Waals surface area contributed by atoms with Crippen LogP contribution in [0, 0.1) is 0 Å². The summed E-state index contributed by atoms with van der Waals surface area (Å²) in [5.41, 5.74) is 1.91. The van der Waals surface area contributed by atoms with Crippen molar-refractivity contribution in [3.63, 3.8) is 0 Å². The van der Waals surface area contributed by atoms with Gasteiger partial charge in [0, 0.05) is 23.4 Å².